The Bertz CT molecular complexity index is 2370. The van der Waals surface area contributed by atoms with Gasteiger partial charge in [-0.2, -0.15) is 0 Å². The molecule has 2 aromatic heterocycles. The first-order valence-corrected chi connectivity index (χ1v) is 21.0. The van der Waals surface area contributed by atoms with Crippen molar-refractivity contribution < 1.29 is 30.0 Å². The minimum Gasteiger partial charge on any atom is -0.512 e. The van der Waals surface area contributed by atoms with Gasteiger partial charge in [0.05, 0.1) is 5.76 Å². The van der Waals surface area contributed by atoms with Gasteiger partial charge in [-0.25, -0.2) is 0 Å². The number of hydrogen-bond acceptors (Lipinski definition) is 4. The van der Waals surface area contributed by atoms with Gasteiger partial charge in [0.1, 0.15) is 0 Å². The van der Waals surface area contributed by atoms with Gasteiger partial charge in [-0.3, -0.25) is 9.78 Å². The van der Waals surface area contributed by atoms with E-state index in [4.69, 9.17) is 4.98 Å². The molecule has 0 saturated heterocycles. The zero-order valence-corrected chi connectivity index (χ0v) is 38.1. The first-order valence-electron chi connectivity index (χ1n) is 20.2. The maximum atomic E-state index is 11.7. The molecule has 0 aliphatic heterocycles. The van der Waals surface area contributed by atoms with Crippen molar-refractivity contribution in [1.29, 1.82) is 0 Å². The maximum absolute atomic E-state index is 11.7. The SMILES string of the molecule is CC(C)(C)c1cc(-c2nccc3c2ccc2c4cc5c(cc4sc32)C(C)(C)CCC5(C)C)[c-]c2ccccc12.CCC(CC)C(=O)/C=C(\O)C(CC)CC.[Ir]. The van der Waals surface area contributed by atoms with Crippen LogP contribution in [0, 0.1) is 17.9 Å². The molecule has 55 heavy (non-hydrogen) atoms. The van der Waals surface area contributed by atoms with Crippen LogP contribution in [-0.2, 0) is 41.1 Å². The van der Waals surface area contributed by atoms with Crippen molar-refractivity contribution in [3.63, 3.8) is 0 Å². The molecule has 1 aliphatic carbocycles. The van der Waals surface area contributed by atoms with Crippen LogP contribution in [0.1, 0.15) is 131 Å². The smallest absolute Gasteiger partial charge is 0.162 e. The number of carbonyl (C=O) groups excluding carboxylic acids is 1. The third-order valence-corrected chi connectivity index (χ3v) is 13.5. The normalized spacial score (nSPS) is 15.3. The maximum Gasteiger partial charge on any atom is 0.162 e. The third-order valence-electron chi connectivity index (χ3n) is 12.3. The number of nitrogens with zero attached hydrogens (tertiary/aromatic N) is 1. The van der Waals surface area contributed by atoms with Crippen molar-refractivity contribution in [1.82, 2.24) is 4.98 Å². The van der Waals surface area contributed by atoms with E-state index in [0.29, 0.717) is 0 Å². The number of hydrogen-bond donors (Lipinski definition) is 1. The van der Waals surface area contributed by atoms with Crippen LogP contribution in [0.25, 0.3) is 53.0 Å². The van der Waals surface area contributed by atoms with Crippen molar-refractivity contribution >= 4 is 58.8 Å². The van der Waals surface area contributed by atoms with Gasteiger partial charge in [0, 0.05) is 70.1 Å². The van der Waals surface area contributed by atoms with Gasteiger partial charge in [-0.15, -0.1) is 40.5 Å². The predicted octanol–water partition coefficient (Wildman–Crippen LogP) is 14.7. The number of aliphatic hydroxyl groups excluding tert-OH is 1. The summed E-state index contributed by atoms with van der Waals surface area (Å²) in [6, 6.07) is 26.5. The van der Waals surface area contributed by atoms with Crippen LogP contribution in [0.15, 0.2) is 78.7 Å². The number of pyridine rings is 1. The first kappa shape index (κ1) is 42.8. The molecule has 7 rings (SSSR count). The standard InChI is InChI=1S/C37H36NS.C13H24O2.Ir/c1-35(2,3)29-19-23(18-22-10-8-9-11-24(22)29)33-25-12-13-26-28-20-30-31(37(6,7)16-15-36(30,4)5)21-32(28)39-34(26)27(25)14-17-38-33;1-5-10(6-2)12(14)9-13(15)11(7-3)8-4;/h8-14,17,19-21H,15-16H2,1-7H3;9-11,14H,5-8H2,1-4H3;/q-1;;/b;12-9-;. The zero-order valence-electron chi connectivity index (χ0n) is 34.9. The Morgan fingerprint density at radius 2 is 1.38 bits per heavy atom. The van der Waals surface area contributed by atoms with Crippen molar-refractivity contribution in [2.75, 3.05) is 0 Å². The molecule has 0 spiro atoms. The summed E-state index contributed by atoms with van der Waals surface area (Å²) in [4.78, 5) is 16.7. The van der Waals surface area contributed by atoms with Gasteiger partial charge in [-0.05, 0) is 94.9 Å². The van der Waals surface area contributed by atoms with E-state index in [1.165, 1.54) is 71.9 Å². The molecular formula is C50H60IrNO2S-. The molecule has 4 aromatic carbocycles. The second-order valence-electron chi connectivity index (χ2n) is 17.9. The number of fused-ring (bicyclic) bond motifs is 7. The van der Waals surface area contributed by atoms with E-state index < -0.39 is 0 Å². The number of carbonyl (C=O) groups is 1. The van der Waals surface area contributed by atoms with E-state index in [9.17, 15) is 9.90 Å². The Kier molecular flexibility index (Phi) is 12.9. The summed E-state index contributed by atoms with van der Waals surface area (Å²) >= 11 is 1.94. The zero-order chi connectivity index (χ0) is 39.2. The predicted molar refractivity (Wildman–Crippen MR) is 234 cm³/mol. The van der Waals surface area contributed by atoms with Crippen LogP contribution in [0.4, 0.5) is 0 Å². The second kappa shape index (κ2) is 16.6. The van der Waals surface area contributed by atoms with E-state index in [2.05, 4.69) is 115 Å². The van der Waals surface area contributed by atoms with Gasteiger partial charge >= 0.3 is 0 Å². The van der Waals surface area contributed by atoms with Crippen LogP contribution < -0.4 is 0 Å². The molecular weight excluding hydrogens is 871 g/mol. The number of aromatic nitrogens is 1. The Labute approximate surface area is 347 Å². The summed E-state index contributed by atoms with van der Waals surface area (Å²) < 4.78 is 2.76. The molecule has 2 heterocycles. The fourth-order valence-electron chi connectivity index (χ4n) is 8.52. The van der Waals surface area contributed by atoms with Gasteiger partial charge in [0.25, 0.3) is 0 Å². The summed E-state index contributed by atoms with van der Waals surface area (Å²) in [5.74, 6) is 0.547. The molecule has 1 radical (unpaired) electrons. The number of rotatable bonds is 8. The number of ketones is 1. The molecule has 0 unspecified atom stereocenters. The first-order chi connectivity index (χ1) is 25.5. The summed E-state index contributed by atoms with van der Waals surface area (Å²) in [6.07, 6.45) is 9.36. The van der Waals surface area contributed by atoms with Gasteiger partial charge in [0.2, 0.25) is 0 Å². The fourth-order valence-corrected chi connectivity index (χ4v) is 9.77. The average molecular weight is 931 g/mol. The van der Waals surface area contributed by atoms with E-state index in [1.807, 2.05) is 45.2 Å². The Balaban J connectivity index is 0.000000311. The molecule has 0 bridgehead atoms. The van der Waals surface area contributed by atoms with Gasteiger partial charge < -0.3 is 5.11 Å². The molecule has 293 valence electrons. The summed E-state index contributed by atoms with van der Waals surface area (Å²) in [7, 11) is 0. The number of aliphatic hydroxyl groups is 1. The monoisotopic (exact) mass is 931 g/mol. The van der Waals surface area contributed by atoms with Crippen LogP contribution >= 0.6 is 11.3 Å². The fraction of sp³-hybridized carbons (Fsp3) is 0.440. The minimum atomic E-state index is 0. The number of benzene rings is 4. The van der Waals surface area contributed by atoms with Crippen molar-refractivity contribution in [2.45, 2.75) is 131 Å². The summed E-state index contributed by atoms with van der Waals surface area (Å²) in [6.45, 7) is 24.6. The molecule has 6 aromatic rings. The number of allylic oxidation sites excluding steroid dienone is 2. The van der Waals surface area contributed by atoms with Crippen molar-refractivity contribution in [3.8, 4) is 11.3 Å². The topological polar surface area (TPSA) is 50.2 Å². The summed E-state index contributed by atoms with van der Waals surface area (Å²) in [5.41, 5.74) is 6.93. The molecule has 0 atom stereocenters. The largest absolute Gasteiger partial charge is 0.512 e. The Morgan fingerprint density at radius 3 is 2.00 bits per heavy atom. The van der Waals surface area contributed by atoms with Crippen LogP contribution in [0.2, 0.25) is 0 Å². The molecule has 0 saturated carbocycles. The number of thiophene rings is 1. The van der Waals surface area contributed by atoms with E-state index in [-0.39, 0.29) is 59.7 Å². The van der Waals surface area contributed by atoms with Crippen LogP contribution in [0.3, 0.4) is 0 Å². The minimum absolute atomic E-state index is 0. The Hall–Kier alpha value is -3.37. The molecule has 0 fully saturated rings. The van der Waals surface area contributed by atoms with Gasteiger partial charge in [-0.1, -0.05) is 117 Å². The molecule has 1 aliphatic rings. The third kappa shape index (κ3) is 8.37. The quantitative estimate of drug-likeness (QED) is 0.0940. The molecule has 5 heteroatoms. The van der Waals surface area contributed by atoms with E-state index in [1.54, 1.807) is 0 Å². The van der Waals surface area contributed by atoms with Crippen molar-refractivity contribution in [2.24, 2.45) is 11.8 Å². The molecule has 3 nitrogen and oxygen atoms in total. The van der Waals surface area contributed by atoms with Crippen LogP contribution in [0.5, 0.6) is 0 Å². The van der Waals surface area contributed by atoms with Crippen molar-refractivity contribution in [3.05, 3.63) is 101 Å². The van der Waals surface area contributed by atoms with Crippen LogP contribution in [-0.4, -0.2) is 15.9 Å². The average Bonchev–Trinajstić information content (AvgIpc) is 3.52. The van der Waals surface area contributed by atoms with E-state index >= 15 is 0 Å². The second-order valence-corrected chi connectivity index (χ2v) is 18.9. The molecule has 0 amide bonds. The Morgan fingerprint density at radius 1 is 0.800 bits per heavy atom. The van der Waals surface area contributed by atoms with E-state index in [0.717, 1.165) is 42.3 Å². The molecule has 1 N–H and O–H groups in total. The summed E-state index contributed by atoms with van der Waals surface area (Å²) in [5, 5.41) is 17.4. The van der Waals surface area contributed by atoms with Gasteiger partial charge in [0.15, 0.2) is 5.78 Å².